The van der Waals surface area contributed by atoms with Crippen molar-refractivity contribution in [1.82, 2.24) is 0 Å². The summed E-state index contributed by atoms with van der Waals surface area (Å²) < 4.78 is 59.9. The zero-order valence-electron chi connectivity index (χ0n) is 22.8. The Kier molecular flexibility index (Phi) is 14.2. The monoisotopic (exact) mass is 534 g/mol. The van der Waals surface area contributed by atoms with Crippen LogP contribution in [-0.4, -0.2) is 12.1 Å². The quantitative estimate of drug-likeness (QED) is 0.0873. The van der Waals surface area contributed by atoms with Crippen LogP contribution in [0.3, 0.4) is 0 Å². The van der Waals surface area contributed by atoms with E-state index < -0.39 is 29.6 Å². The fourth-order valence-corrected chi connectivity index (χ4v) is 4.42. The third-order valence-electron chi connectivity index (χ3n) is 6.81. The van der Waals surface area contributed by atoms with E-state index in [1.807, 2.05) is 6.07 Å². The molecule has 0 N–H and O–H groups in total. The van der Waals surface area contributed by atoms with Gasteiger partial charge in [0.15, 0.2) is 0 Å². The molecule has 0 saturated carbocycles. The van der Waals surface area contributed by atoms with E-state index in [1.54, 1.807) is 30.3 Å². The highest BCUT2D eigenvalue weighted by Crippen LogP contribution is 2.31. The topological polar surface area (TPSA) is 26.3 Å². The van der Waals surface area contributed by atoms with E-state index in [1.165, 1.54) is 70.4 Å². The van der Waals surface area contributed by atoms with E-state index in [2.05, 4.69) is 6.92 Å². The second-order valence-corrected chi connectivity index (χ2v) is 9.99. The summed E-state index contributed by atoms with van der Waals surface area (Å²) in [6.45, 7) is 3.63. The van der Waals surface area contributed by atoms with Crippen LogP contribution in [0.1, 0.15) is 109 Å². The Morgan fingerprint density at radius 2 is 1.39 bits per heavy atom. The van der Waals surface area contributed by atoms with Crippen molar-refractivity contribution in [2.45, 2.75) is 109 Å². The molecule has 210 valence electrons. The average molecular weight is 535 g/mol. The number of ether oxygens (including phenoxy) is 1. The molecule has 0 fully saturated rings. The van der Waals surface area contributed by atoms with Crippen LogP contribution in [0.25, 0.3) is 11.1 Å². The van der Waals surface area contributed by atoms with Crippen molar-refractivity contribution < 1.29 is 27.1 Å². The van der Waals surface area contributed by atoms with Crippen molar-refractivity contribution in [3.05, 3.63) is 71.7 Å². The van der Waals surface area contributed by atoms with Crippen molar-refractivity contribution in [2.75, 3.05) is 0 Å². The van der Waals surface area contributed by atoms with E-state index >= 15 is 0 Å². The summed E-state index contributed by atoms with van der Waals surface area (Å²) in [5, 5.41) is 0. The molecule has 2 nitrogen and oxygen atoms in total. The molecule has 0 bridgehead atoms. The average Bonchev–Trinajstić information content (AvgIpc) is 2.89. The van der Waals surface area contributed by atoms with Gasteiger partial charge in [0, 0.05) is 5.56 Å². The first kappa shape index (κ1) is 31.6. The van der Waals surface area contributed by atoms with Crippen LogP contribution in [0.4, 0.5) is 17.6 Å². The summed E-state index contributed by atoms with van der Waals surface area (Å²) in [4.78, 5) is 12.5. The van der Waals surface area contributed by atoms with Crippen LogP contribution in [-0.2, 0) is 9.53 Å². The molecular formula is C32H42F4O2. The SMILES string of the molecule is CCCCCCCCCCCCCC/C=C(/OC(=O)C(C)c1ccc(-c2ccccc2)c(F)c1)C(F)(F)F. The lowest BCUT2D eigenvalue weighted by Gasteiger charge is -2.16. The number of carbonyl (C=O) groups is 1. The Labute approximate surface area is 225 Å². The molecule has 0 radical (unpaired) electrons. The second kappa shape index (κ2) is 17.1. The lowest BCUT2D eigenvalue weighted by molar-refractivity contribution is -0.161. The highest BCUT2D eigenvalue weighted by atomic mass is 19.4. The predicted octanol–water partition coefficient (Wildman–Crippen LogP) is 10.7. The number of unbranched alkanes of at least 4 members (excludes halogenated alkanes) is 12. The zero-order valence-corrected chi connectivity index (χ0v) is 22.8. The Morgan fingerprint density at radius 3 is 1.92 bits per heavy atom. The largest absolute Gasteiger partial charge is 0.449 e. The molecule has 0 aliphatic rings. The number of hydrogen-bond acceptors (Lipinski definition) is 2. The third-order valence-corrected chi connectivity index (χ3v) is 6.81. The maximum atomic E-state index is 14.7. The van der Waals surface area contributed by atoms with Crippen molar-refractivity contribution in [3.63, 3.8) is 0 Å². The maximum Gasteiger partial charge on any atom is 0.449 e. The van der Waals surface area contributed by atoms with Crippen LogP contribution >= 0.6 is 0 Å². The van der Waals surface area contributed by atoms with Gasteiger partial charge in [0.1, 0.15) is 5.82 Å². The summed E-state index contributed by atoms with van der Waals surface area (Å²) in [6, 6.07) is 13.1. The van der Waals surface area contributed by atoms with E-state index in [9.17, 15) is 22.4 Å². The standard InChI is InChI=1S/C32H42F4O2/c1-3-4-5-6-7-8-9-10-11-12-13-14-18-21-30(32(34,35)36)38-31(37)25(2)27-22-23-28(29(33)24-27)26-19-16-15-17-20-26/h15-17,19-25H,3-14,18H2,1-2H3/b30-21+. The van der Waals surface area contributed by atoms with Gasteiger partial charge in [-0.1, -0.05) is 120 Å². The van der Waals surface area contributed by atoms with Gasteiger partial charge in [-0.25, -0.2) is 4.39 Å². The van der Waals surface area contributed by atoms with Gasteiger partial charge in [0.25, 0.3) is 0 Å². The van der Waals surface area contributed by atoms with Crippen molar-refractivity contribution in [3.8, 4) is 11.1 Å². The zero-order chi connectivity index (χ0) is 27.8. The van der Waals surface area contributed by atoms with Gasteiger partial charge in [-0.3, -0.25) is 4.79 Å². The van der Waals surface area contributed by atoms with E-state index in [4.69, 9.17) is 4.74 Å². The molecule has 2 aromatic rings. The van der Waals surface area contributed by atoms with Gasteiger partial charge < -0.3 is 4.74 Å². The molecule has 2 aromatic carbocycles. The minimum atomic E-state index is -4.77. The smallest absolute Gasteiger partial charge is 0.421 e. The first-order valence-corrected chi connectivity index (χ1v) is 14.1. The van der Waals surface area contributed by atoms with E-state index in [-0.39, 0.29) is 12.0 Å². The van der Waals surface area contributed by atoms with Crippen LogP contribution in [0.2, 0.25) is 0 Å². The number of benzene rings is 2. The predicted molar refractivity (Wildman–Crippen MR) is 146 cm³/mol. The van der Waals surface area contributed by atoms with E-state index in [0.717, 1.165) is 25.3 Å². The molecule has 2 rings (SSSR count). The third kappa shape index (κ3) is 11.4. The van der Waals surface area contributed by atoms with Gasteiger partial charge in [0.05, 0.1) is 5.92 Å². The maximum absolute atomic E-state index is 14.7. The number of allylic oxidation sites excluding steroid dienone is 2. The highest BCUT2D eigenvalue weighted by Gasteiger charge is 2.38. The number of carbonyl (C=O) groups excluding carboxylic acids is 1. The lowest BCUT2D eigenvalue weighted by atomic mass is 9.97. The molecule has 38 heavy (non-hydrogen) atoms. The molecule has 1 unspecified atom stereocenters. The van der Waals surface area contributed by atoms with Gasteiger partial charge in [-0.2, -0.15) is 13.2 Å². The number of halogens is 4. The Balaban J connectivity index is 1.79. The molecule has 0 aliphatic carbocycles. The number of alkyl halides is 3. The molecule has 0 aromatic heterocycles. The number of esters is 1. The molecule has 0 amide bonds. The first-order valence-electron chi connectivity index (χ1n) is 14.1. The molecule has 0 aliphatic heterocycles. The first-order chi connectivity index (χ1) is 18.2. The van der Waals surface area contributed by atoms with Gasteiger partial charge >= 0.3 is 12.1 Å². The fraction of sp³-hybridized carbons (Fsp3) is 0.531. The molecule has 1 atom stereocenters. The van der Waals surface area contributed by atoms with Gasteiger partial charge in [-0.15, -0.1) is 0 Å². The Bertz CT molecular complexity index is 983. The summed E-state index contributed by atoms with van der Waals surface area (Å²) in [5.41, 5.74) is 1.29. The second-order valence-electron chi connectivity index (χ2n) is 9.99. The molecule has 0 heterocycles. The minimum absolute atomic E-state index is 0.189. The van der Waals surface area contributed by atoms with Crippen molar-refractivity contribution in [1.29, 1.82) is 0 Å². The normalized spacial score (nSPS) is 12.9. The van der Waals surface area contributed by atoms with Crippen LogP contribution in [0.15, 0.2) is 60.4 Å². The summed E-state index contributed by atoms with van der Waals surface area (Å²) >= 11 is 0. The van der Waals surface area contributed by atoms with Gasteiger partial charge in [-0.05, 0) is 43.0 Å². The fourth-order valence-electron chi connectivity index (χ4n) is 4.42. The Morgan fingerprint density at radius 1 is 0.842 bits per heavy atom. The lowest BCUT2D eigenvalue weighted by Crippen LogP contribution is -2.21. The molecule has 0 spiro atoms. The molecule has 0 saturated heterocycles. The summed E-state index contributed by atoms with van der Waals surface area (Å²) in [7, 11) is 0. The van der Waals surface area contributed by atoms with Crippen LogP contribution < -0.4 is 0 Å². The molecular weight excluding hydrogens is 492 g/mol. The van der Waals surface area contributed by atoms with Crippen LogP contribution in [0, 0.1) is 5.82 Å². The number of rotatable bonds is 17. The summed E-state index contributed by atoms with van der Waals surface area (Å²) in [5.74, 6) is -3.95. The summed E-state index contributed by atoms with van der Waals surface area (Å²) in [6.07, 6.45) is 10.0. The van der Waals surface area contributed by atoms with Crippen LogP contribution in [0.5, 0.6) is 0 Å². The Hall–Kier alpha value is -2.63. The number of hydrogen-bond donors (Lipinski definition) is 0. The van der Waals surface area contributed by atoms with E-state index in [0.29, 0.717) is 17.5 Å². The minimum Gasteiger partial charge on any atom is -0.421 e. The highest BCUT2D eigenvalue weighted by molar-refractivity contribution is 5.79. The van der Waals surface area contributed by atoms with Crippen molar-refractivity contribution >= 4 is 5.97 Å². The van der Waals surface area contributed by atoms with Gasteiger partial charge in [0.2, 0.25) is 5.76 Å². The molecule has 6 heteroatoms. The van der Waals surface area contributed by atoms with Crippen molar-refractivity contribution in [2.24, 2.45) is 0 Å².